The molecule has 0 aromatic heterocycles. The smallest absolute Gasteiger partial charge is 0.0805 e. The van der Waals surface area contributed by atoms with Gasteiger partial charge in [-0.15, -0.1) is 35.1 Å². The Kier molecular flexibility index (Phi) is 1.90. The predicted molar refractivity (Wildman–Crippen MR) is 58.1 cm³/mol. The minimum atomic E-state index is 0.463. The van der Waals surface area contributed by atoms with Crippen molar-refractivity contribution < 1.29 is 0 Å². The van der Waals surface area contributed by atoms with E-state index >= 15 is 0 Å². The summed E-state index contributed by atoms with van der Waals surface area (Å²) < 4.78 is 0.463. The van der Waals surface area contributed by atoms with E-state index in [1.807, 2.05) is 0 Å². The standard InChI is InChI=1S/C9H13ClS2/c10-8-6-1-2-7(5-6)9(8)11-3-4-12-9/h6-8H,1-5H2. The van der Waals surface area contributed by atoms with Crippen LogP contribution in [0.15, 0.2) is 0 Å². The molecular weight excluding hydrogens is 208 g/mol. The first kappa shape index (κ1) is 8.31. The quantitative estimate of drug-likeness (QED) is 0.575. The van der Waals surface area contributed by atoms with E-state index in [0.29, 0.717) is 9.46 Å². The molecule has 12 heavy (non-hydrogen) atoms. The zero-order valence-corrected chi connectivity index (χ0v) is 9.35. The fourth-order valence-electron chi connectivity index (χ4n) is 3.04. The Bertz CT molecular complexity index is 197. The van der Waals surface area contributed by atoms with Crippen LogP contribution in [-0.2, 0) is 0 Å². The SMILES string of the molecule is ClC1C2CCC(C2)C12SCCS2. The number of rotatable bonds is 0. The molecule has 3 fully saturated rings. The van der Waals surface area contributed by atoms with Crippen molar-refractivity contribution in [3.05, 3.63) is 0 Å². The van der Waals surface area contributed by atoms with Crippen LogP contribution in [0.3, 0.4) is 0 Å². The average Bonchev–Trinajstić information content (AvgIpc) is 2.75. The Hall–Kier alpha value is 0.990. The number of fused-ring (bicyclic) bond motifs is 3. The first-order valence-corrected chi connectivity index (χ1v) is 7.16. The van der Waals surface area contributed by atoms with Crippen LogP contribution in [0.2, 0.25) is 0 Å². The lowest BCUT2D eigenvalue weighted by Crippen LogP contribution is -2.36. The highest BCUT2D eigenvalue weighted by atomic mass is 35.5. The van der Waals surface area contributed by atoms with E-state index in [1.165, 1.54) is 30.8 Å². The molecule has 0 aromatic rings. The second-order valence-electron chi connectivity index (χ2n) is 4.09. The molecule has 3 atom stereocenters. The van der Waals surface area contributed by atoms with Crippen molar-refractivity contribution >= 4 is 35.1 Å². The molecular formula is C9H13ClS2. The first-order valence-electron chi connectivity index (χ1n) is 4.75. The second kappa shape index (κ2) is 2.74. The van der Waals surface area contributed by atoms with E-state index in [1.54, 1.807) is 0 Å². The molecule has 2 bridgehead atoms. The monoisotopic (exact) mass is 220 g/mol. The molecule has 68 valence electrons. The zero-order chi connectivity index (χ0) is 8.18. The molecule has 3 heteroatoms. The van der Waals surface area contributed by atoms with E-state index in [0.717, 1.165) is 11.8 Å². The van der Waals surface area contributed by atoms with Crippen molar-refractivity contribution in [2.75, 3.05) is 11.5 Å². The van der Waals surface area contributed by atoms with Crippen LogP contribution in [0, 0.1) is 11.8 Å². The van der Waals surface area contributed by atoms with Crippen molar-refractivity contribution in [3.63, 3.8) is 0 Å². The van der Waals surface area contributed by atoms with Gasteiger partial charge in [0.2, 0.25) is 0 Å². The van der Waals surface area contributed by atoms with Crippen molar-refractivity contribution in [1.82, 2.24) is 0 Å². The van der Waals surface area contributed by atoms with Gasteiger partial charge in [-0.05, 0) is 31.1 Å². The van der Waals surface area contributed by atoms with Gasteiger partial charge in [-0.25, -0.2) is 0 Å². The summed E-state index contributed by atoms with van der Waals surface area (Å²) in [6.07, 6.45) is 4.28. The molecule has 3 aliphatic rings. The third-order valence-electron chi connectivity index (χ3n) is 3.58. The summed E-state index contributed by atoms with van der Waals surface area (Å²) in [5.74, 6) is 4.46. The van der Waals surface area contributed by atoms with Crippen molar-refractivity contribution in [2.45, 2.75) is 28.7 Å². The van der Waals surface area contributed by atoms with Gasteiger partial charge in [0.25, 0.3) is 0 Å². The Morgan fingerprint density at radius 2 is 1.92 bits per heavy atom. The minimum Gasteiger partial charge on any atom is -0.141 e. The number of thioether (sulfide) groups is 2. The number of hydrogen-bond acceptors (Lipinski definition) is 2. The highest BCUT2D eigenvalue weighted by molar-refractivity contribution is 8.21. The highest BCUT2D eigenvalue weighted by Crippen LogP contribution is 2.66. The molecule has 0 radical (unpaired) electrons. The third-order valence-corrected chi connectivity index (χ3v) is 8.40. The molecule has 3 unspecified atom stereocenters. The maximum atomic E-state index is 6.53. The summed E-state index contributed by atoms with van der Waals surface area (Å²) in [6, 6.07) is 0. The molecule has 1 aliphatic heterocycles. The molecule has 0 N–H and O–H groups in total. The van der Waals surface area contributed by atoms with Crippen LogP contribution in [-0.4, -0.2) is 21.0 Å². The lowest BCUT2D eigenvalue weighted by molar-refractivity contribution is 0.476. The van der Waals surface area contributed by atoms with Crippen LogP contribution in [0.5, 0.6) is 0 Å². The number of alkyl halides is 1. The van der Waals surface area contributed by atoms with Gasteiger partial charge in [0.15, 0.2) is 0 Å². The van der Waals surface area contributed by atoms with Crippen molar-refractivity contribution in [3.8, 4) is 0 Å². The first-order chi connectivity index (χ1) is 5.83. The third kappa shape index (κ3) is 0.896. The molecule has 1 spiro atoms. The summed E-state index contributed by atoms with van der Waals surface area (Å²) in [4.78, 5) is 0. The van der Waals surface area contributed by atoms with Crippen LogP contribution in [0.25, 0.3) is 0 Å². The topological polar surface area (TPSA) is 0 Å². The van der Waals surface area contributed by atoms with E-state index in [4.69, 9.17) is 11.6 Å². The predicted octanol–water partition coefficient (Wildman–Crippen LogP) is 3.20. The summed E-state index contributed by atoms with van der Waals surface area (Å²) in [5.41, 5.74) is 0. The fourth-order valence-corrected chi connectivity index (χ4v) is 7.57. The summed E-state index contributed by atoms with van der Waals surface area (Å²) in [5, 5.41) is 0.480. The summed E-state index contributed by atoms with van der Waals surface area (Å²) >= 11 is 10.8. The van der Waals surface area contributed by atoms with Gasteiger partial charge in [0.05, 0.1) is 9.46 Å². The average molecular weight is 221 g/mol. The molecule has 1 heterocycles. The van der Waals surface area contributed by atoms with E-state index in [-0.39, 0.29) is 0 Å². The highest BCUT2D eigenvalue weighted by Gasteiger charge is 2.59. The normalized spacial score (nSPS) is 49.2. The van der Waals surface area contributed by atoms with Crippen LogP contribution in [0.1, 0.15) is 19.3 Å². The van der Waals surface area contributed by atoms with Gasteiger partial charge in [-0.3, -0.25) is 0 Å². The molecule has 0 nitrogen and oxygen atoms in total. The maximum Gasteiger partial charge on any atom is 0.0805 e. The van der Waals surface area contributed by atoms with Gasteiger partial charge in [0, 0.05) is 11.5 Å². The Labute approximate surface area is 87.2 Å². The van der Waals surface area contributed by atoms with Gasteiger partial charge in [0.1, 0.15) is 0 Å². The fraction of sp³-hybridized carbons (Fsp3) is 1.00. The molecule has 0 amide bonds. The largest absolute Gasteiger partial charge is 0.141 e. The number of halogens is 1. The van der Waals surface area contributed by atoms with Gasteiger partial charge in [-0.2, -0.15) is 0 Å². The maximum absolute atomic E-state index is 6.53. The molecule has 2 aliphatic carbocycles. The van der Waals surface area contributed by atoms with Gasteiger partial charge >= 0.3 is 0 Å². The van der Waals surface area contributed by atoms with Crippen LogP contribution < -0.4 is 0 Å². The molecule has 3 rings (SSSR count). The Balaban J connectivity index is 1.94. The lowest BCUT2D eigenvalue weighted by Gasteiger charge is -2.35. The molecule has 0 aromatic carbocycles. The van der Waals surface area contributed by atoms with Crippen molar-refractivity contribution in [1.29, 1.82) is 0 Å². The summed E-state index contributed by atoms with van der Waals surface area (Å²) in [7, 11) is 0. The number of hydrogen-bond donors (Lipinski definition) is 0. The van der Waals surface area contributed by atoms with Crippen LogP contribution >= 0.6 is 35.1 Å². The molecule has 2 saturated carbocycles. The Morgan fingerprint density at radius 3 is 2.50 bits per heavy atom. The van der Waals surface area contributed by atoms with Gasteiger partial charge in [-0.1, -0.05) is 0 Å². The molecule has 1 saturated heterocycles. The second-order valence-corrected chi connectivity index (χ2v) is 7.56. The summed E-state index contributed by atoms with van der Waals surface area (Å²) in [6.45, 7) is 0. The van der Waals surface area contributed by atoms with Gasteiger partial charge < -0.3 is 0 Å². The lowest BCUT2D eigenvalue weighted by atomic mass is 9.99. The van der Waals surface area contributed by atoms with E-state index in [9.17, 15) is 0 Å². The zero-order valence-electron chi connectivity index (χ0n) is 6.96. The van der Waals surface area contributed by atoms with Crippen LogP contribution in [0.4, 0.5) is 0 Å². The van der Waals surface area contributed by atoms with E-state index in [2.05, 4.69) is 23.5 Å². The van der Waals surface area contributed by atoms with Crippen molar-refractivity contribution in [2.24, 2.45) is 11.8 Å². The Morgan fingerprint density at radius 1 is 1.17 bits per heavy atom. The minimum absolute atomic E-state index is 0.463. The van der Waals surface area contributed by atoms with E-state index < -0.39 is 0 Å².